The standard InChI is InChI=1S/C30H38N6O2S/c1-39(2,3)15-14-37-21-36-29(12-13-33-36)23-5-11-30(32-17-23)38-27-9-10-28-22(16-27)4-6-24(34-28)20-35-25-7-8-26(35)19-31-18-25/h4-6,9-13,16-17,25-26,31H,7-8,14-15,18-21H2,1-3H3. The molecule has 8 nitrogen and oxygen atoms in total. The van der Waals surface area contributed by atoms with E-state index in [0.29, 0.717) is 24.7 Å². The number of benzene rings is 1. The maximum absolute atomic E-state index is 6.09. The third-order valence-corrected chi connectivity index (χ3v) is 9.01. The Labute approximate surface area is 232 Å². The highest BCUT2D eigenvalue weighted by atomic mass is 32.3. The van der Waals surface area contributed by atoms with Crippen molar-refractivity contribution in [2.24, 2.45) is 0 Å². The van der Waals surface area contributed by atoms with Gasteiger partial charge in [0, 0.05) is 66.9 Å². The Morgan fingerprint density at radius 2 is 1.85 bits per heavy atom. The van der Waals surface area contributed by atoms with Gasteiger partial charge < -0.3 is 14.8 Å². The lowest BCUT2D eigenvalue weighted by molar-refractivity contribution is 0.0821. The lowest BCUT2D eigenvalue weighted by Gasteiger charge is -2.34. The van der Waals surface area contributed by atoms with Gasteiger partial charge in [-0.1, -0.05) is 6.07 Å². The van der Waals surface area contributed by atoms with Gasteiger partial charge in [0.05, 0.1) is 23.5 Å². The molecule has 6 rings (SSSR count). The first kappa shape index (κ1) is 26.3. The number of fused-ring (bicyclic) bond motifs is 3. The van der Waals surface area contributed by atoms with Gasteiger partial charge in [0.2, 0.25) is 5.88 Å². The van der Waals surface area contributed by atoms with Crippen LogP contribution in [0, 0.1) is 0 Å². The van der Waals surface area contributed by atoms with Crippen LogP contribution < -0.4 is 10.1 Å². The number of hydrogen-bond donors (Lipinski definition) is 1. The molecule has 2 bridgehead atoms. The van der Waals surface area contributed by atoms with Crippen LogP contribution in [0.5, 0.6) is 11.6 Å². The maximum atomic E-state index is 6.09. The molecule has 9 heteroatoms. The van der Waals surface area contributed by atoms with E-state index >= 15 is 0 Å². The molecule has 5 heterocycles. The van der Waals surface area contributed by atoms with Crippen molar-refractivity contribution in [3.63, 3.8) is 0 Å². The monoisotopic (exact) mass is 546 g/mol. The number of hydrogen-bond acceptors (Lipinski definition) is 7. The SMILES string of the molecule is CS(C)(C)CCOCn1nccc1-c1ccc(Oc2ccc3nc(CN4C5CCC4CNC5)ccc3c2)nc1. The Morgan fingerprint density at radius 1 is 1.00 bits per heavy atom. The first-order chi connectivity index (χ1) is 18.9. The number of rotatable bonds is 10. The highest BCUT2D eigenvalue weighted by Gasteiger charge is 2.36. The van der Waals surface area contributed by atoms with Crippen LogP contribution in [0.25, 0.3) is 22.2 Å². The van der Waals surface area contributed by atoms with Gasteiger partial charge in [-0.3, -0.25) is 9.88 Å². The molecule has 2 saturated heterocycles. The fourth-order valence-corrected chi connectivity index (χ4v) is 6.08. The largest absolute Gasteiger partial charge is 0.439 e. The van der Waals surface area contributed by atoms with Crippen LogP contribution in [-0.4, -0.2) is 80.9 Å². The van der Waals surface area contributed by atoms with E-state index in [1.807, 2.05) is 47.3 Å². The second-order valence-corrected chi connectivity index (χ2v) is 16.0. The zero-order valence-corrected chi connectivity index (χ0v) is 23.9. The zero-order valence-electron chi connectivity index (χ0n) is 23.0. The Bertz CT molecular complexity index is 1400. The van der Waals surface area contributed by atoms with Crippen LogP contribution in [-0.2, 0) is 18.0 Å². The summed E-state index contributed by atoms with van der Waals surface area (Å²) in [6.07, 6.45) is 13.1. The predicted molar refractivity (Wildman–Crippen MR) is 159 cm³/mol. The zero-order chi connectivity index (χ0) is 26.8. The van der Waals surface area contributed by atoms with Crippen LogP contribution in [0.3, 0.4) is 0 Å². The van der Waals surface area contributed by atoms with E-state index < -0.39 is 10.0 Å². The van der Waals surface area contributed by atoms with Gasteiger partial charge >= 0.3 is 0 Å². The van der Waals surface area contributed by atoms with Crippen molar-refractivity contribution < 1.29 is 9.47 Å². The molecule has 2 aliphatic heterocycles. The number of nitrogens with one attached hydrogen (secondary N) is 1. The first-order valence-corrected chi connectivity index (χ1v) is 16.7. The summed E-state index contributed by atoms with van der Waals surface area (Å²) in [6, 6.07) is 17.5. The van der Waals surface area contributed by atoms with E-state index in [0.717, 1.165) is 65.6 Å². The molecule has 0 saturated carbocycles. The normalized spacial score (nSPS) is 20.0. The number of nitrogens with zero attached hydrogens (tertiary/aromatic N) is 5. The molecule has 0 aliphatic carbocycles. The molecule has 2 fully saturated rings. The minimum atomic E-state index is -0.565. The molecule has 0 amide bonds. The fraction of sp³-hybridized carbons (Fsp3) is 0.433. The molecule has 3 aromatic heterocycles. The van der Waals surface area contributed by atoms with Crippen molar-refractivity contribution >= 4 is 20.9 Å². The molecule has 0 radical (unpaired) electrons. The topological polar surface area (TPSA) is 77.3 Å². The lowest BCUT2D eigenvalue weighted by atomic mass is 10.1. The molecular weight excluding hydrogens is 508 g/mol. The van der Waals surface area contributed by atoms with Gasteiger partial charge in [-0.2, -0.15) is 5.10 Å². The highest BCUT2D eigenvalue weighted by Crippen LogP contribution is 2.34. The van der Waals surface area contributed by atoms with Crippen molar-refractivity contribution in [3.05, 3.63) is 66.6 Å². The van der Waals surface area contributed by atoms with Crippen molar-refractivity contribution in [1.29, 1.82) is 0 Å². The first-order valence-electron chi connectivity index (χ1n) is 13.7. The van der Waals surface area contributed by atoms with E-state index in [1.165, 1.54) is 12.8 Å². The van der Waals surface area contributed by atoms with E-state index in [9.17, 15) is 0 Å². The van der Waals surface area contributed by atoms with Crippen molar-refractivity contribution in [2.45, 2.75) is 38.2 Å². The highest BCUT2D eigenvalue weighted by molar-refractivity contribution is 8.32. The predicted octanol–water partition coefficient (Wildman–Crippen LogP) is 4.89. The molecule has 4 aromatic rings. The average molecular weight is 547 g/mol. The number of ether oxygens (including phenoxy) is 2. The second-order valence-electron chi connectivity index (χ2n) is 11.4. The molecule has 1 aromatic carbocycles. The fourth-order valence-electron chi connectivity index (χ4n) is 5.47. The van der Waals surface area contributed by atoms with Gasteiger partial charge in [0.25, 0.3) is 0 Å². The maximum Gasteiger partial charge on any atom is 0.219 e. The van der Waals surface area contributed by atoms with Gasteiger partial charge in [-0.25, -0.2) is 19.7 Å². The van der Waals surface area contributed by atoms with Crippen LogP contribution >= 0.6 is 10.0 Å². The number of aromatic nitrogens is 4. The Balaban J connectivity index is 1.08. The Morgan fingerprint density at radius 3 is 2.62 bits per heavy atom. The van der Waals surface area contributed by atoms with E-state index in [4.69, 9.17) is 14.5 Å². The van der Waals surface area contributed by atoms with Gasteiger partial charge in [-0.05, 0) is 68.0 Å². The van der Waals surface area contributed by atoms with Crippen molar-refractivity contribution in [2.75, 3.05) is 44.2 Å². The molecule has 39 heavy (non-hydrogen) atoms. The van der Waals surface area contributed by atoms with E-state index in [2.05, 4.69) is 51.2 Å². The summed E-state index contributed by atoms with van der Waals surface area (Å²) in [7, 11) is -0.565. The summed E-state index contributed by atoms with van der Waals surface area (Å²) in [5, 5.41) is 9.04. The summed E-state index contributed by atoms with van der Waals surface area (Å²) in [5.74, 6) is 2.38. The lowest BCUT2D eigenvalue weighted by Crippen LogP contribution is -2.51. The summed E-state index contributed by atoms with van der Waals surface area (Å²) >= 11 is 0. The van der Waals surface area contributed by atoms with Crippen LogP contribution in [0.2, 0.25) is 0 Å². The molecule has 0 spiro atoms. The second kappa shape index (κ2) is 11.3. The molecule has 2 atom stereocenters. The smallest absolute Gasteiger partial charge is 0.219 e. The Kier molecular flexibility index (Phi) is 7.57. The quantitative estimate of drug-likeness (QED) is 0.284. The van der Waals surface area contributed by atoms with Crippen LogP contribution in [0.15, 0.2) is 60.9 Å². The van der Waals surface area contributed by atoms with Crippen LogP contribution in [0.4, 0.5) is 0 Å². The van der Waals surface area contributed by atoms with Crippen molar-refractivity contribution in [1.82, 2.24) is 30.0 Å². The average Bonchev–Trinajstić information content (AvgIpc) is 3.46. The molecule has 2 aliphatic rings. The van der Waals surface area contributed by atoms with E-state index in [-0.39, 0.29) is 0 Å². The number of pyridine rings is 2. The third-order valence-electron chi connectivity index (χ3n) is 7.62. The number of piperazine rings is 1. The van der Waals surface area contributed by atoms with Gasteiger partial charge in [-0.15, -0.1) is 0 Å². The summed E-state index contributed by atoms with van der Waals surface area (Å²) < 4.78 is 13.8. The summed E-state index contributed by atoms with van der Waals surface area (Å²) in [4.78, 5) is 12.1. The van der Waals surface area contributed by atoms with Crippen LogP contribution in [0.1, 0.15) is 18.5 Å². The minimum Gasteiger partial charge on any atom is -0.439 e. The molecular formula is C30H38N6O2S. The third kappa shape index (κ3) is 6.27. The molecule has 206 valence electrons. The molecule has 2 unspecified atom stereocenters. The summed E-state index contributed by atoms with van der Waals surface area (Å²) in [6.45, 7) is 4.28. The summed E-state index contributed by atoms with van der Waals surface area (Å²) in [5.41, 5.74) is 4.06. The van der Waals surface area contributed by atoms with Gasteiger partial charge in [0.15, 0.2) is 0 Å². The van der Waals surface area contributed by atoms with Gasteiger partial charge in [0.1, 0.15) is 12.5 Å². The molecule has 1 N–H and O–H groups in total. The minimum absolute atomic E-state index is 0.430. The Hall–Kier alpha value is -2.98. The van der Waals surface area contributed by atoms with E-state index in [1.54, 1.807) is 6.20 Å². The van der Waals surface area contributed by atoms with Crippen molar-refractivity contribution in [3.8, 4) is 22.9 Å².